The quantitative estimate of drug-likeness (QED) is 0.618. The lowest BCUT2D eigenvalue weighted by Crippen LogP contribution is -2.51. The molecule has 6 nitrogen and oxygen atoms in total. The van der Waals surface area contributed by atoms with E-state index in [-0.39, 0.29) is 30.1 Å². The Kier molecular flexibility index (Phi) is 6.45. The number of hydrogen-bond acceptors (Lipinski definition) is 4. The number of carbonyl (C=O) groups excluding carboxylic acids is 2. The van der Waals surface area contributed by atoms with Gasteiger partial charge in [0.2, 0.25) is 11.8 Å². The van der Waals surface area contributed by atoms with Crippen LogP contribution in [0.4, 0.5) is 0 Å². The summed E-state index contributed by atoms with van der Waals surface area (Å²) < 4.78 is 0. The highest BCUT2D eigenvalue weighted by molar-refractivity contribution is 5.89. The summed E-state index contributed by atoms with van der Waals surface area (Å²) in [6, 6.07) is 5.49. The summed E-state index contributed by atoms with van der Waals surface area (Å²) >= 11 is 0. The average Bonchev–Trinajstić information content (AvgIpc) is 2.94. The molecule has 1 aliphatic rings. The molecule has 21 heavy (non-hydrogen) atoms. The van der Waals surface area contributed by atoms with Gasteiger partial charge in [0.1, 0.15) is 11.8 Å². The Hall–Kier alpha value is -1.79. The number of benzene rings is 1. The molecule has 1 aliphatic heterocycles. The van der Waals surface area contributed by atoms with Gasteiger partial charge in [-0.2, -0.15) is 0 Å². The molecule has 2 unspecified atom stereocenters. The molecule has 0 spiro atoms. The minimum Gasteiger partial charge on any atom is -0.508 e. The van der Waals surface area contributed by atoms with E-state index in [0.717, 1.165) is 24.9 Å². The minimum absolute atomic E-state index is 0. The van der Waals surface area contributed by atoms with Crippen molar-refractivity contribution in [1.82, 2.24) is 10.6 Å². The molecule has 2 amide bonds. The van der Waals surface area contributed by atoms with Crippen molar-refractivity contribution < 1.29 is 14.7 Å². The van der Waals surface area contributed by atoms with E-state index < -0.39 is 11.9 Å². The molecule has 7 heteroatoms. The largest absolute Gasteiger partial charge is 0.508 e. The highest BCUT2D eigenvalue weighted by atomic mass is 35.5. The fourth-order valence-electron chi connectivity index (χ4n) is 2.27. The van der Waals surface area contributed by atoms with Gasteiger partial charge in [-0.1, -0.05) is 12.1 Å². The van der Waals surface area contributed by atoms with Crippen molar-refractivity contribution >= 4 is 24.2 Å². The Morgan fingerprint density at radius 2 is 2.05 bits per heavy atom. The van der Waals surface area contributed by atoms with E-state index in [1.165, 1.54) is 12.1 Å². The fourth-order valence-corrected chi connectivity index (χ4v) is 2.27. The number of phenolic OH excluding ortho intramolecular Hbond substituents is 1. The zero-order chi connectivity index (χ0) is 14.5. The first-order valence-electron chi connectivity index (χ1n) is 6.67. The van der Waals surface area contributed by atoms with Crippen molar-refractivity contribution in [1.29, 1.82) is 0 Å². The normalized spacial score (nSPS) is 18.6. The molecule has 0 saturated carbocycles. The monoisotopic (exact) mass is 313 g/mol. The van der Waals surface area contributed by atoms with Gasteiger partial charge in [0.25, 0.3) is 0 Å². The van der Waals surface area contributed by atoms with Crippen LogP contribution in [0.5, 0.6) is 5.75 Å². The molecule has 1 heterocycles. The molecule has 0 radical (unpaired) electrons. The third kappa shape index (κ3) is 4.91. The second-order valence-corrected chi connectivity index (χ2v) is 4.98. The van der Waals surface area contributed by atoms with Crippen molar-refractivity contribution in [2.45, 2.75) is 31.3 Å². The van der Waals surface area contributed by atoms with Gasteiger partial charge in [-0.25, -0.2) is 0 Å². The van der Waals surface area contributed by atoms with Crippen LogP contribution >= 0.6 is 12.4 Å². The smallest absolute Gasteiger partial charge is 0.240 e. The second kappa shape index (κ2) is 7.85. The molecule has 0 aliphatic carbocycles. The van der Waals surface area contributed by atoms with Crippen LogP contribution in [0.1, 0.15) is 18.4 Å². The Balaban J connectivity index is 0.00000220. The van der Waals surface area contributed by atoms with Crippen LogP contribution in [0.25, 0.3) is 0 Å². The molecule has 0 bridgehead atoms. The molecular formula is C14H20ClN3O3. The van der Waals surface area contributed by atoms with E-state index in [1.54, 1.807) is 12.1 Å². The van der Waals surface area contributed by atoms with Gasteiger partial charge < -0.3 is 21.5 Å². The van der Waals surface area contributed by atoms with Crippen molar-refractivity contribution in [3.05, 3.63) is 29.8 Å². The number of nitrogens with one attached hydrogen (secondary N) is 2. The van der Waals surface area contributed by atoms with Crippen LogP contribution in [0.15, 0.2) is 24.3 Å². The molecule has 1 fully saturated rings. The SMILES string of the molecule is Cl.NC(=O)C(Cc1ccc(O)cc1)NC(=O)C1CCCN1. The van der Waals surface area contributed by atoms with Crippen LogP contribution in [0.3, 0.4) is 0 Å². The number of phenols is 1. The van der Waals surface area contributed by atoms with Crippen LogP contribution in [-0.2, 0) is 16.0 Å². The number of amides is 2. The molecule has 2 rings (SSSR count). The first kappa shape index (κ1) is 17.3. The summed E-state index contributed by atoms with van der Waals surface area (Å²) in [7, 11) is 0. The van der Waals surface area contributed by atoms with Crippen LogP contribution in [-0.4, -0.2) is 35.5 Å². The first-order valence-corrected chi connectivity index (χ1v) is 6.67. The number of primary amides is 1. The number of carbonyl (C=O) groups is 2. The number of nitrogens with two attached hydrogens (primary N) is 1. The van der Waals surface area contributed by atoms with Crippen molar-refractivity contribution in [3.63, 3.8) is 0 Å². The summed E-state index contributed by atoms with van der Waals surface area (Å²) in [5, 5.41) is 15.0. The third-order valence-corrected chi connectivity index (χ3v) is 3.41. The highest BCUT2D eigenvalue weighted by Crippen LogP contribution is 2.12. The third-order valence-electron chi connectivity index (χ3n) is 3.41. The van der Waals surface area contributed by atoms with E-state index in [0.29, 0.717) is 6.42 Å². The van der Waals surface area contributed by atoms with Gasteiger partial charge in [-0.05, 0) is 37.1 Å². The van der Waals surface area contributed by atoms with Gasteiger partial charge in [-0.3, -0.25) is 9.59 Å². The zero-order valence-corrected chi connectivity index (χ0v) is 12.4. The van der Waals surface area contributed by atoms with Crippen LogP contribution in [0.2, 0.25) is 0 Å². The zero-order valence-electron chi connectivity index (χ0n) is 11.5. The second-order valence-electron chi connectivity index (χ2n) is 4.98. The topological polar surface area (TPSA) is 104 Å². The summed E-state index contributed by atoms with van der Waals surface area (Å²) in [4.78, 5) is 23.4. The Bertz CT molecular complexity index is 487. The summed E-state index contributed by atoms with van der Waals surface area (Å²) in [5.41, 5.74) is 6.16. The molecule has 116 valence electrons. The number of halogens is 1. The van der Waals surface area contributed by atoms with Crippen molar-refractivity contribution in [2.75, 3.05) is 6.54 Å². The molecule has 0 aromatic heterocycles. The Morgan fingerprint density at radius 1 is 1.38 bits per heavy atom. The molecule has 1 aromatic rings. The maximum absolute atomic E-state index is 12.0. The summed E-state index contributed by atoms with van der Waals surface area (Å²) in [5.74, 6) is -0.599. The van der Waals surface area contributed by atoms with Crippen LogP contribution in [0, 0.1) is 0 Å². The fraction of sp³-hybridized carbons (Fsp3) is 0.429. The number of aromatic hydroxyl groups is 1. The van der Waals surface area contributed by atoms with Crippen molar-refractivity contribution in [3.8, 4) is 5.75 Å². The van der Waals surface area contributed by atoms with Crippen LogP contribution < -0.4 is 16.4 Å². The Labute approximate surface area is 129 Å². The van der Waals surface area contributed by atoms with E-state index >= 15 is 0 Å². The predicted octanol–water partition coefficient (Wildman–Crippen LogP) is 0.0786. The molecule has 2 atom stereocenters. The average molecular weight is 314 g/mol. The van der Waals surface area contributed by atoms with E-state index in [1.807, 2.05) is 0 Å². The summed E-state index contributed by atoms with van der Waals surface area (Å²) in [6.07, 6.45) is 2.04. The van der Waals surface area contributed by atoms with Gasteiger partial charge >= 0.3 is 0 Å². The molecule has 5 N–H and O–H groups in total. The van der Waals surface area contributed by atoms with Crippen molar-refractivity contribution in [2.24, 2.45) is 5.73 Å². The molecule has 1 aromatic carbocycles. The highest BCUT2D eigenvalue weighted by Gasteiger charge is 2.26. The maximum atomic E-state index is 12.0. The Morgan fingerprint density at radius 3 is 2.57 bits per heavy atom. The first-order chi connectivity index (χ1) is 9.56. The number of rotatable bonds is 5. The van der Waals surface area contributed by atoms with E-state index in [2.05, 4.69) is 10.6 Å². The standard InChI is InChI=1S/C14H19N3O3.ClH/c15-13(19)12(8-9-3-5-10(18)6-4-9)17-14(20)11-2-1-7-16-11;/h3-6,11-12,16,18H,1-2,7-8H2,(H2,15,19)(H,17,20);1H. The molecular weight excluding hydrogens is 294 g/mol. The van der Waals surface area contributed by atoms with Gasteiger partial charge in [0.15, 0.2) is 0 Å². The lowest BCUT2D eigenvalue weighted by molar-refractivity contribution is -0.128. The van der Waals surface area contributed by atoms with E-state index in [4.69, 9.17) is 5.73 Å². The lowest BCUT2D eigenvalue weighted by atomic mass is 10.0. The molecule has 1 saturated heterocycles. The maximum Gasteiger partial charge on any atom is 0.240 e. The summed E-state index contributed by atoms with van der Waals surface area (Å²) in [6.45, 7) is 0.817. The van der Waals surface area contributed by atoms with Gasteiger partial charge in [-0.15, -0.1) is 12.4 Å². The minimum atomic E-state index is -0.741. The lowest BCUT2D eigenvalue weighted by Gasteiger charge is -2.18. The van der Waals surface area contributed by atoms with E-state index in [9.17, 15) is 14.7 Å². The predicted molar refractivity (Wildman–Crippen MR) is 81.2 cm³/mol. The number of hydrogen-bond donors (Lipinski definition) is 4. The van der Waals surface area contributed by atoms with Gasteiger partial charge in [0, 0.05) is 6.42 Å². The van der Waals surface area contributed by atoms with Gasteiger partial charge in [0.05, 0.1) is 6.04 Å².